The summed E-state index contributed by atoms with van der Waals surface area (Å²) < 4.78 is 34.9. The normalized spacial score (nSPS) is 17.2. The second-order valence-electron chi connectivity index (χ2n) is 4.92. The molecule has 1 aliphatic rings. The highest BCUT2D eigenvalue weighted by Crippen LogP contribution is 2.45. The highest BCUT2D eigenvalue weighted by molar-refractivity contribution is 5.85. The van der Waals surface area contributed by atoms with Gasteiger partial charge in [-0.3, -0.25) is 0 Å². The van der Waals surface area contributed by atoms with Crippen molar-refractivity contribution in [1.82, 2.24) is 0 Å². The van der Waals surface area contributed by atoms with Crippen molar-refractivity contribution in [3.8, 4) is 11.5 Å². The summed E-state index contributed by atoms with van der Waals surface area (Å²) in [5.41, 5.74) is 6.60. The van der Waals surface area contributed by atoms with Crippen molar-refractivity contribution in [2.24, 2.45) is 11.7 Å². The van der Waals surface area contributed by atoms with Gasteiger partial charge in [-0.25, -0.2) is 0 Å². The number of ether oxygens (including phenoxy) is 2. The van der Waals surface area contributed by atoms with Crippen LogP contribution in [-0.4, -0.2) is 6.29 Å². The Morgan fingerprint density at radius 2 is 1.89 bits per heavy atom. The third kappa shape index (κ3) is 3.70. The Bertz CT molecular complexity index is 441. The number of rotatable bonds is 4. The Morgan fingerprint density at radius 3 is 2.53 bits per heavy atom. The van der Waals surface area contributed by atoms with Crippen molar-refractivity contribution in [1.29, 1.82) is 0 Å². The first-order chi connectivity index (χ1) is 8.39. The maximum absolute atomic E-state index is 13.0. The van der Waals surface area contributed by atoms with Gasteiger partial charge < -0.3 is 15.2 Å². The number of hydrogen-bond acceptors (Lipinski definition) is 3. The van der Waals surface area contributed by atoms with Crippen molar-refractivity contribution in [2.75, 3.05) is 0 Å². The van der Waals surface area contributed by atoms with E-state index in [-0.39, 0.29) is 29.9 Å². The lowest BCUT2D eigenvalue weighted by atomic mass is 9.97. The van der Waals surface area contributed by atoms with Gasteiger partial charge in [-0.2, -0.15) is 0 Å². The van der Waals surface area contributed by atoms with Gasteiger partial charge in [-0.05, 0) is 24.8 Å². The fourth-order valence-corrected chi connectivity index (χ4v) is 1.95. The summed E-state index contributed by atoms with van der Waals surface area (Å²) in [6.07, 6.45) is -1.93. The molecule has 1 atom stereocenters. The number of alkyl halides is 2. The molecule has 2 N–H and O–H groups in total. The zero-order chi connectivity index (χ0) is 13.3. The topological polar surface area (TPSA) is 44.5 Å². The number of halogens is 3. The Hall–Kier alpha value is -1.07. The molecule has 0 saturated heterocycles. The Balaban J connectivity index is 0.00000180. The molecule has 0 fully saturated rings. The van der Waals surface area contributed by atoms with Gasteiger partial charge in [-0.1, -0.05) is 26.0 Å². The number of hydrogen-bond donors (Lipinski definition) is 1. The molecule has 0 saturated carbocycles. The molecule has 1 aromatic rings. The van der Waals surface area contributed by atoms with Crippen LogP contribution in [0.5, 0.6) is 11.5 Å². The Morgan fingerprint density at radius 1 is 1.21 bits per heavy atom. The predicted octanol–water partition coefficient (Wildman–Crippen LogP) is 3.87. The van der Waals surface area contributed by atoms with Gasteiger partial charge in [0.15, 0.2) is 11.5 Å². The van der Waals surface area contributed by atoms with E-state index in [0.717, 1.165) is 12.8 Å². The Labute approximate surface area is 117 Å². The van der Waals surface area contributed by atoms with Gasteiger partial charge >= 0.3 is 6.29 Å². The molecule has 2 rings (SSSR count). The van der Waals surface area contributed by atoms with E-state index in [1.807, 2.05) is 0 Å². The predicted molar refractivity (Wildman–Crippen MR) is 70.9 cm³/mol. The molecule has 0 radical (unpaired) electrons. The number of benzene rings is 1. The third-order valence-corrected chi connectivity index (χ3v) is 2.91. The van der Waals surface area contributed by atoms with Crippen LogP contribution >= 0.6 is 12.4 Å². The van der Waals surface area contributed by atoms with Gasteiger partial charge in [0.25, 0.3) is 0 Å². The lowest BCUT2D eigenvalue weighted by molar-refractivity contribution is -0.287. The van der Waals surface area contributed by atoms with Gasteiger partial charge in [0.1, 0.15) is 0 Å². The van der Waals surface area contributed by atoms with E-state index in [1.54, 1.807) is 12.1 Å². The minimum absolute atomic E-state index is 0. The lowest BCUT2D eigenvalue weighted by Crippen LogP contribution is -2.26. The van der Waals surface area contributed by atoms with Crippen LogP contribution < -0.4 is 15.2 Å². The molecule has 6 heteroatoms. The summed E-state index contributed by atoms with van der Waals surface area (Å²) in [6.45, 7) is 4.19. The van der Waals surface area contributed by atoms with E-state index in [0.29, 0.717) is 11.5 Å². The van der Waals surface area contributed by atoms with Crippen LogP contribution in [0.2, 0.25) is 0 Å². The molecule has 1 aromatic carbocycles. The smallest absolute Gasteiger partial charge is 0.395 e. The van der Waals surface area contributed by atoms with E-state index < -0.39 is 6.29 Å². The first kappa shape index (κ1) is 16.0. The lowest BCUT2D eigenvalue weighted by Gasteiger charge is -2.15. The molecule has 108 valence electrons. The van der Waals surface area contributed by atoms with Gasteiger partial charge in [0.2, 0.25) is 0 Å². The number of para-hydroxylation sites is 1. The van der Waals surface area contributed by atoms with Crippen LogP contribution in [0.1, 0.15) is 38.3 Å². The Kier molecular flexibility index (Phi) is 4.98. The quantitative estimate of drug-likeness (QED) is 0.916. The molecular weight excluding hydrogens is 276 g/mol. The van der Waals surface area contributed by atoms with Crippen molar-refractivity contribution in [2.45, 2.75) is 39.0 Å². The largest absolute Gasteiger partial charge is 0.586 e. The third-order valence-electron chi connectivity index (χ3n) is 2.91. The summed E-state index contributed by atoms with van der Waals surface area (Å²) in [4.78, 5) is 0. The van der Waals surface area contributed by atoms with E-state index >= 15 is 0 Å². The molecule has 1 aliphatic heterocycles. The zero-order valence-electron chi connectivity index (χ0n) is 10.9. The second kappa shape index (κ2) is 5.92. The van der Waals surface area contributed by atoms with Crippen molar-refractivity contribution >= 4 is 12.4 Å². The maximum Gasteiger partial charge on any atom is 0.586 e. The van der Waals surface area contributed by atoms with E-state index in [2.05, 4.69) is 23.3 Å². The fraction of sp³-hybridized carbons (Fsp3) is 0.538. The highest BCUT2D eigenvalue weighted by atomic mass is 35.5. The summed E-state index contributed by atoms with van der Waals surface area (Å²) in [6, 6.07) is 4.48. The first-order valence-corrected chi connectivity index (χ1v) is 6.03. The molecule has 0 bridgehead atoms. The van der Waals surface area contributed by atoms with Crippen molar-refractivity contribution < 1.29 is 18.3 Å². The second-order valence-corrected chi connectivity index (χ2v) is 4.92. The monoisotopic (exact) mass is 293 g/mol. The fourth-order valence-electron chi connectivity index (χ4n) is 1.95. The zero-order valence-corrected chi connectivity index (χ0v) is 11.7. The summed E-state index contributed by atoms with van der Waals surface area (Å²) in [7, 11) is 0. The summed E-state index contributed by atoms with van der Waals surface area (Å²) in [5, 5.41) is 0. The van der Waals surface area contributed by atoms with Crippen LogP contribution in [0.15, 0.2) is 18.2 Å². The minimum atomic E-state index is -3.59. The molecule has 3 nitrogen and oxygen atoms in total. The molecule has 19 heavy (non-hydrogen) atoms. The van der Waals surface area contributed by atoms with E-state index in [9.17, 15) is 8.78 Å². The standard InChI is InChI=1S/C13H17F2NO2.ClH/c1-8(2)6-7-10(16)9-4-3-5-11-12(9)18-13(14,15)17-11;/h3-5,8,10H,6-7,16H2,1-2H3;1H/t10-;/m1./s1. The summed E-state index contributed by atoms with van der Waals surface area (Å²) in [5.74, 6) is 0.641. The molecule has 0 aliphatic carbocycles. The van der Waals surface area contributed by atoms with Crippen LogP contribution in [0.3, 0.4) is 0 Å². The minimum Gasteiger partial charge on any atom is -0.395 e. The van der Waals surface area contributed by atoms with E-state index in [4.69, 9.17) is 5.73 Å². The molecule has 0 amide bonds. The van der Waals surface area contributed by atoms with Crippen LogP contribution in [0, 0.1) is 5.92 Å². The van der Waals surface area contributed by atoms with Crippen molar-refractivity contribution in [3.63, 3.8) is 0 Å². The maximum atomic E-state index is 13.0. The molecule has 0 spiro atoms. The first-order valence-electron chi connectivity index (χ1n) is 6.03. The molecule has 0 unspecified atom stereocenters. The van der Waals surface area contributed by atoms with E-state index in [1.165, 1.54) is 6.07 Å². The highest BCUT2D eigenvalue weighted by Gasteiger charge is 2.44. The van der Waals surface area contributed by atoms with Crippen LogP contribution in [-0.2, 0) is 0 Å². The van der Waals surface area contributed by atoms with Gasteiger partial charge in [0.05, 0.1) is 0 Å². The average Bonchev–Trinajstić information content (AvgIpc) is 2.59. The molecule has 0 aromatic heterocycles. The summed E-state index contributed by atoms with van der Waals surface area (Å²) >= 11 is 0. The van der Waals surface area contributed by atoms with Crippen molar-refractivity contribution in [3.05, 3.63) is 23.8 Å². The average molecular weight is 294 g/mol. The number of fused-ring (bicyclic) bond motifs is 1. The molecular formula is C13H18ClF2NO2. The number of nitrogens with two attached hydrogens (primary N) is 1. The van der Waals surface area contributed by atoms with Gasteiger partial charge in [-0.15, -0.1) is 21.2 Å². The SMILES string of the molecule is CC(C)CC[C@@H](N)c1cccc2c1OC(F)(F)O2.Cl. The molecule has 1 heterocycles. The van der Waals surface area contributed by atoms with Gasteiger partial charge in [0, 0.05) is 11.6 Å². The van der Waals surface area contributed by atoms with Crippen LogP contribution in [0.25, 0.3) is 0 Å². The van der Waals surface area contributed by atoms with Crippen LogP contribution in [0.4, 0.5) is 8.78 Å².